The first-order chi connectivity index (χ1) is 16.8. The van der Waals surface area contributed by atoms with Crippen LogP contribution in [0.5, 0.6) is 5.88 Å². The number of carbonyl (C=O) groups is 1. The highest BCUT2D eigenvalue weighted by Gasteiger charge is 2.25. The van der Waals surface area contributed by atoms with Crippen LogP contribution in [0.2, 0.25) is 0 Å². The monoisotopic (exact) mass is 512 g/mol. The van der Waals surface area contributed by atoms with E-state index in [9.17, 15) is 17.6 Å². The highest BCUT2D eigenvalue weighted by molar-refractivity contribution is 7.90. The Morgan fingerprint density at radius 1 is 1.14 bits per heavy atom. The largest absolute Gasteiger partial charge is 0.473 e. The second-order valence-electron chi connectivity index (χ2n) is 8.26. The van der Waals surface area contributed by atoms with Crippen molar-refractivity contribution in [1.82, 2.24) is 15.0 Å². The smallest absolute Gasteiger partial charge is 0.235 e. The molecule has 1 aliphatic rings. The second kappa shape index (κ2) is 9.31. The van der Waals surface area contributed by atoms with E-state index in [1.165, 1.54) is 29.8 Å². The van der Waals surface area contributed by atoms with Gasteiger partial charge in [0.1, 0.15) is 28.8 Å². The minimum atomic E-state index is -3.51. The van der Waals surface area contributed by atoms with E-state index >= 15 is 0 Å². The minimum absolute atomic E-state index is 0.0748. The summed E-state index contributed by atoms with van der Waals surface area (Å²) in [6.07, 6.45) is 6.28. The molecule has 0 saturated carbocycles. The lowest BCUT2D eigenvalue weighted by molar-refractivity contribution is 0.112. The summed E-state index contributed by atoms with van der Waals surface area (Å²) in [7, 11) is -3.51. The highest BCUT2D eigenvalue weighted by Crippen LogP contribution is 2.38. The first-order valence-electron chi connectivity index (χ1n) is 10.9. The Morgan fingerprint density at radius 2 is 1.94 bits per heavy atom. The summed E-state index contributed by atoms with van der Waals surface area (Å²) >= 11 is 1.35. The molecule has 1 fully saturated rings. The number of ether oxygens (including phenoxy) is 1. The van der Waals surface area contributed by atoms with Gasteiger partial charge in [0.15, 0.2) is 16.1 Å². The van der Waals surface area contributed by atoms with E-state index in [2.05, 4.69) is 19.9 Å². The lowest BCUT2D eigenvalue weighted by Gasteiger charge is -2.33. The summed E-state index contributed by atoms with van der Waals surface area (Å²) in [5.41, 5.74) is 1.93. The van der Waals surface area contributed by atoms with Gasteiger partial charge in [-0.05, 0) is 24.3 Å². The molecule has 4 aromatic rings. The van der Waals surface area contributed by atoms with E-state index < -0.39 is 15.7 Å². The topological polar surface area (TPSA) is 102 Å². The fraction of sp³-hybridized carbons (Fsp3) is 0.250. The van der Waals surface area contributed by atoms with Crippen molar-refractivity contribution in [2.45, 2.75) is 23.8 Å². The molecule has 0 bridgehead atoms. The Kier molecular flexibility index (Phi) is 6.20. The average Bonchev–Trinajstić information content (AvgIpc) is 3.29. The van der Waals surface area contributed by atoms with Crippen LogP contribution in [-0.4, -0.2) is 55.1 Å². The summed E-state index contributed by atoms with van der Waals surface area (Å²) in [4.78, 5) is 26.3. The van der Waals surface area contributed by atoms with Gasteiger partial charge in [-0.3, -0.25) is 4.79 Å². The Hall–Kier alpha value is -3.44. The number of rotatable bonds is 6. The predicted molar refractivity (Wildman–Crippen MR) is 131 cm³/mol. The molecule has 0 radical (unpaired) electrons. The number of nitrogens with zero attached hydrogens (tertiary/aromatic N) is 4. The summed E-state index contributed by atoms with van der Waals surface area (Å²) in [6, 6.07) is 7.36. The molecule has 11 heteroatoms. The average molecular weight is 513 g/mol. The van der Waals surface area contributed by atoms with Crippen LogP contribution in [0.25, 0.3) is 21.3 Å². The predicted octanol–water partition coefficient (Wildman–Crippen LogP) is 4.16. The standard InChI is InChI=1S/C24H21FN4O4S2/c1-35(31,32)17-4-5-18(20(25)11-17)19-13-34-22-21(19)27-14-28-24(22)33-16-6-9-29(10-7-16)23-15(12-30)3-2-8-26-23/h2-5,8,11-14,16H,6-7,9-10H2,1H3. The van der Waals surface area contributed by atoms with Gasteiger partial charge in [0, 0.05) is 54.9 Å². The first-order valence-corrected chi connectivity index (χ1v) is 13.7. The van der Waals surface area contributed by atoms with Gasteiger partial charge < -0.3 is 9.64 Å². The Labute approximate surface area is 205 Å². The summed E-state index contributed by atoms with van der Waals surface area (Å²) < 4.78 is 45.2. The fourth-order valence-electron chi connectivity index (χ4n) is 4.16. The third-order valence-corrected chi connectivity index (χ3v) is 8.01. The lowest BCUT2D eigenvalue weighted by atomic mass is 10.1. The van der Waals surface area contributed by atoms with Crippen LogP contribution in [0.15, 0.2) is 53.1 Å². The molecule has 8 nitrogen and oxygen atoms in total. The number of thiophene rings is 1. The molecular weight excluding hydrogens is 491 g/mol. The Balaban J connectivity index is 1.36. The first kappa shape index (κ1) is 23.3. The molecular formula is C24H21FN4O4S2. The van der Waals surface area contributed by atoms with E-state index in [4.69, 9.17) is 4.74 Å². The van der Waals surface area contributed by atoms with Crippen molar-refractivity contribution >= 4 is 43.5 Å². The summed E-state index contributed by atoms with van der Waals surface area (Å²) in [6.45, 7) is 1.37. The number of benzene rings is 1. The van der Waals surface area contributed by atoms with Crippen LogP contribution in [0.4, 0.5) is 10.2 Å². The van der Waals surface area contributed by atoms with Gasteiger partial charge in [0.05, 0.1) is 16.0 Å². The maximum atomic E-state index is 14.8. The van der Waals surface area contributed by atoms with Crippen molar-refractivity contribution in [2.75, 3.05) is 24.2 Å². The minimum Gasteiger partial charge on any atom is -0.473 e. The van der Waals surface area contributed by atoms with Crippen molar-refractivity contribution in [1.29, 1.82) is 0 Å². The molecule has 0 amide bonds. The number of sulfone groups is 1. The summed E-state index contributed by atoms with van der Waals surface area (Å²) in [5, 5.41) is 1.77. The highest BCUT2D eigenvalue weighted by atomic mass is 32.2. The zero-order chi connectivity index (χ0) is 24.6. The molecule has 3 aromatic heterocycles. The van der Waals surface area contributed by atoms with Crippen LogP contribution < -0.4 is 9.64 Å². The third kappa shape index (κ3) is 4.61. The number of pyridine rings is 1. The van der Waals surface area contributed by atoms with Gasteiger partial charge in [0.25, 0.3) is 0 Å². The van der Waals surface area contributed by atoms with E-state index in [0.29, 0.717) is 46.1 Å². The number of fused-ring (bicyclic) bond motifs is 1. The van der Waals surface area contributed by atoms with Gasteiger partial charge in [0.2, 0.25) is 5.88 Å². The van der Waals surface area contributed by atoms with Crippen LogP contribution in [0.1, 0.15) is 23.2 Å². The summed E-state index contributed by atoms with van der Waals surface area (Å²) in [5.74, 6) is 0.478. The van der Waals surface area contributed by atoms with Crippen LogP contribution >= 0.6 is 11.3 Å². The molecule has 180 valence electrons. The maximum absolute atomic E-state index is 14.8. The fourth-order valence-corrected chi connectivity index (χ4v) is 5.74. The molecule has 0 spiro atoms. The van der Waals surface area contributed by atoms with E-state index in [-0.39, 0.29) is 16.6 Å². The molecule has 5 rings (SSSR count). The van der Waals surface area contributed by atoms with Crippen molar-refractivity contribution in [3.05, 3.63) is 59.6 Å². The SMILES string of the molecule is CS(=O)(=O)c1ccc(-c2csc3c(OC4CCN(c5ncccc5C=O)CC4)ncnc23)c(F)c1. The second-order valence-corrected chi connectivity index (χ2v) is 11.2. The van der Waals surface area contributed by atoms with Crippen molar-refractivity contribution < 1.29 is 22.3 Å². The van der Waals surface area contributed by atoms with Gasteiger partial charge in [-0.2, -0.15) is 0 Å². The number of hydrogen-bond acceptors (Lipinski definition) is 9. The number of anilines is 1. The van der Waals surface area contributed by atoms with Crippen molar-refractivity contribution in [3.63, 3.8) is 0 Å². The zero-order valence-electron chi connectivity index (χ0n) is 18.7. The van der Waals surface area contributed by atoms with Gasteiger partial charge in [-0.25, -0.2) is 27.8 Å². The van der Waals surface area contributed by atoms with Crippen molar-refractivity contribution in [3.8, 4) is 17.0 Å². The Morgan fingerprint density at radius 3 is 2.66 bits per heavy atom. The van der Waals surface area contributed by atoms with Crippen LogP contribution in [0.3, 0.4) is 0 Å². The normalized spacial score (nSPS) is 14.9. The molecule has 1 saturated heterocycles. The number of hydrogen-bond donors (Lipinski definition) is 0. The zero-order valence-corrected chi connectivity index (χ0v) is 20.4. The molecule has 4 heterocycles. The van der Waals surface area contributed by atoms with Gasteiger partial charge in [-0.1, -0.05) is 6.07 Å². The maximum Gasteiger partial charge on any atom is 0.235 e. The number of carbonyl (C=O) groups excluding carboxylic acids is 1. The van der Waals surface area contributed by atoms with Gasteiger partial charge in [-0.15, -0.1) is 11.3 Å². The molecule has 1 aliphatic heterocycles. The third-order valence-electron chi connectivity index (χ3n) is 5.94. The van der Waals surface area contributed by atoms with Crippen LogP contribution in [-0.2, 0) is 9.84 Å². The lowest BCUT2D eigenvalue weighted by Crippen LogP contribution is -2.39. The number of halogens is 1. The molecule has 0 N–H and O–H groups in total. The number of aromatic nitrogens is 3. The van der Waals surface area contributed by atoms with Gasteiger partial charge >= 0.3 is 0 Å². The number of aldehydes is 1. The molecule has 0 aliphatic carbocycles. The van der Waals surface area contributed by atoms with E-state index in [1.54, 1.807) is 23.7 Å². The molecule has 0 unspecified atom stereocenters. The quantitative estimate of drug-likeness (QED) is 0.355. The van der Waals surface area contributed by atoms with E-state index in [0.717, 1.165) is 31.4 Å². The molecule has 35 heavy (non-hydrogen) atoms. The van der Waals surface area contributed by atoms with E-state index in [1.807, 2.05) is 0 Å². The molecule has 0 atom stereocenters. The number of piperidine rings is 1. The Bertz CT molecular complexity index is 1520. The van der Waals surface area contributed by atoms with Crippen molar-refractivity contribution in [2.24, 2.45) is 0 Å². The molecule has 1 aromatic carbocycles. The van der Waals surface area contributed by atoms with Crippen LogP contribution in [0, 0.1) is 5.82 Å².